The third-order valence-electron chi connectivity index (χ3n) is 7.93. The molecule has 0 saturated heterocycles. The van der Waals surface area contributed by atoms with Crippen LogP contribution in [0, 0.1) is 29.1 Å². The summed E-state index contributed by atoms with van der Waals surface area (Å²) in [6.07, 6.45) is 3.68. The summed E-state index contributed by atoms with van der Waals surface area (Å²) in [6.45, 7) is 10.3. The quantitative estimate of drug-likeness (QED) is 0.646. The van der Waals surface area contributed by atoms with E-state index in [1.54, 1.807) is 0 Å². The Morgan fingerprint density at radius 2 is 1.77 bits per heavy atom. The Morgan fingerprint density at radius 1 is 1.13 bits per heavy atom. The van der Waals surface area contributed by atoms with Crippen molar-refractivity contribution in [2.75, 3.05) is 0 Å². The molecule has 1 aromatic carbocycles. The van der Waals surface area contributed by atoms with Crippen molar-refractivity contribution in [1.82, 2.24) is 10.6 Å². The Balaban J connectivity index is 1.69. The number of amides is 2. The number of hydrogen-bond acceptors (Lipinski definition) is 3. The van der Waals surface area contributed by atoms with Crippen molar-refractivity contribution in [3.05, 3.63) is 35.9 Å². The van der Waals surface area contributed by atoms with E-state index >= 15 is 0 Å². The van der Waals surface area contributed by atoms with Gasteiger partial charge >= 0.3 is 0 Å². The van der Waals surface area contributed by atoms with Crippen LogP contribution in [0.3, 0.4) is 0 Å². The third-order valence-corrected chi connectivity index (χ3v) is 7.93. The SMILES string of the molecule is CC(C)NC(=O)C(C)C1CCC2(C)CCC(NC(=O)Cc3ccccc3)C(C)C2C1O. The smallest absolute Gasteiger partial charge is 0.224 e. The number of aliphatic hydroxyl groups excluding tert-OH is 1. The van der Waals surface area contributed by atoms with Crippen LogP contribution in [0.15, 0.2) is 30.3 Å². The van der Waals surface area contributed by atoms with Crippen molar-refractivity contribution in [2.45, 2.75) is 84.9 Å². The summed E-state index contributed by atoms with van der Waals surface area (Å²) in [5.41, 5.74) is 1.07. The number of carbonyl (C=O) groups excluding carboxylic acids is 2. The van der Waals surface area contributed by atoms with Gasteiger partial charge in [0.2, 0.25) is 11.8 Å². The second-order valence-corrected chi connectivity index (χ2v) is 10.6. The molecular formula is C26H40N2O3. The Labute approximate surface area is 187 Å². The number of benzene rings is 1. The van der Waals surface area contributed by atoms with E-state index < -0.39 is 6.10 Å². The highest BCUT2D eigenvalue weighted by Gasteiger charge is 2.53. The van der Waals surface area contributed by atoms with Gasteiger partial charge in [-0.25, -0.2) is 0 Å². The Morgan fingerprint density at radius 3 is 2.42 bits per heavy atom. The van der Waals surface area contributed by atoms with Crippen molar-refractivity contribution in [2.24, 2.45) is 29.1 Å². The van der Waals surface area contributed by atoms with Crippen LogP contribution in [0.25, 0.3) is 0 Å². The molecule has 3 N–H and O–H groups in total. The fraction of sp³-hybridized carbons (Fsp3) is 0.692. The first-order chi connectivity index (χ1) is 14.6. The Hall–Kier alpha value is -1.88. The van der Waals surface area contributed by atoms with Gasteiger partial charge in [0, 0.05) is 18.0 Å². The molecule has 2 fully saturated rings. The van der Waals surface area contributed by atoms with Crippen molar-refractivity contribution in [1.29, 1.82) is 0 Å². The maximum Gasteiger partial charge on any atom is 0.224 e. The average Bonchev–Trinajstić information content (AvgIpc) is 2.70. The van der Waals surface area contributed by atoms with E-state index in [0.29, 0.717) is 6.42 Å². The van der Waals surface area contributed by atoms with Crippen LogP contribution >= 0.6 is 0 Å². The van der Waals surface area contributed by atoms with Crippen molar-refractivity contribution >= 4 is 11.8 Å². The first kappa shape index (κ1) is 23.8. The molecular weight excluding hydrogens is 388 g/mol. The lowest BCUT2D eigenvalue weighted by molar-refractivity contribution is -0.144. The molecule has 1 aromatic rings. The van der Waals surface area contributed by atoms with E-state index in [4.69, 9.17) is 0 Å². The van der Waals surface area contributed by atoms with Crippen LogP contribution in [0.4, 0.5) is 0 Å². The maximum atomic E-state index is 12.7. The van der Waals surface area contributed by atoms with E-state index in [9.17, 15) is 14.7 Å². The predicted molar refractivity (Wildman–Crippen MR) is 123 cm³/mol. The van der Waals surface area contributed by atoms with Crippen LogP contribution in [0.5, 0.6) is 0 Å². The highest BCUT2D eigenvalue weighted by molar-refractivity contribution is 5.79. The number of aliphatic hydroxyl groups is 1. The zero-order valence-electron chi connectivity index (χ0n) is 19.7. The van der Waals surface area contributed by atoms with Crippen molar-refractivity contribution in [3.8, 4) is 0 Å². The number of rotatable bonds is 6. The van der Waals surface area contributed by atoms with Gasteiger partial charge in [0.05, 0.1) is 12.5 Å². The zero-order chi connectivity index (χ0) is 22.8. The fourth-order valence-electron chi connectivity index (χ4n) is 6.15. The fourth-order valence-corrected chi connectivity index (χ4v) is 6.15. The molecule has 31 heavy (non-hydrogen) atoms. The summed E-state index contributed by atoms with van der Waals surface area (Å²) < 4.78 is 0. The molecule has 7 unspecified atom stereocenters. The molecule has 0 aromatic heterocycles. The molecule has 0 aliphatic heterocycles. The van der Waals surface area contributed by atoms with Gasteiger partial charge in [0.15, 0.2) is 0 Å². The summed E-state index contributed by atoms with van der Waals surface area (Å²) in [5.74, 6) is 0.0465. The third kappa shape index (κ3) is 5.31. The number of hydrogen-bond donors (Lipinski definition) is 3. The van der Waals surface area contributed by atoms with Gasteiger partial charge in [-0.3, -0.25) is 9.59 Å². The minimum atomic E-state index is -0.532. The zero-order valence-corrected chi connectivity index (χ0v) is 19.7. The molecule has 2 aliphatic carbocycles. The second-order valence-electron chi connectivity index (χ2n) is 10.6. The Kier molecular flexibility index (Phi) is 7.46. The first-order valence-electron chi connectivity index (χ1n) is 11.9. The van der Waals surface area contributed by atoms with E-state index in [0.717, 1.165) is 31.2 Å². The van der Waals surface area contributed by atoms with Gasteiger partial charge in [-0.05, 0) is 68.3 Å². The van der Waals surface area contributed by atoms with Gasteiger partial charge in [-0.15, -0.1) is 0 Å². The highest BCUT2D eigenvalue weighted by Crippen LogP contribution is 2.55. The number of fused-ring (bicyclic) bond motifs is 1. The molecule has 0 radical (unpaired) electrons. The van der Waals surface area contributed by atoms with Crippen LogP contribution in [-0.4, -0.2) is 35.1 Å². The predicted octanol–water partition coefficient (Wildman–Crippen LogP) is 3.70. The maximum absolute atomic E-state index is 12.7. The van der Waals surface area contributed by atoms with Gasteiger partial charge in [-0.1, -0.05) is 51.1 Å². The molecule has 5 nitrogen and oxygen atoms in total. The highest BCUT2D eigenvalue weighted by atomic mass is 16.3. The molecule has 0 bridgehead atoms. The van der Waals surface area contributed by atoms with Crippen LogP contribution < -0.4 is 10.6 Å². The van der Waals surface area contributed by atoms with Crippen LogP contribution in [0.2, 0.25) is 0 Å². The monoisotopic (exact) mass is 428 g/mol. The second kappa shape index (κ2) is 9.72. The molecule has 5 heteroatoms. The summed E-state index contributed by atoms with van der Waals surface area (Å²) in [4.78, 5) is 25.3. The molecule has 7 atom stereocenters. The summed E-state index contributed by atoms with van der Waals surface area (Å²) in [5, 5.41) is 17.7. The number of nitrogens with one attached hydrogen (secondary N) is 2. The topological polar surface area (TPSA) is 78.4 Å². The molecule has 2 aliphatic rings. The summed E-state index contributed by atoms with van der Waals surface area (Å²) in [7, 11) is 0. The summed E-state index contributed by atoms with van der Waals surface area (Å²) in [6, 6.07) is 9.95. The van der Waals surface area contributed by atoms with Crippen LogP contribution in [0.1, 0.15) is 65.9 Å². The lowest BCUT2D eigenvalue weighted by atomic mass is 9.51. The molecule has 2 amide bonds. The van der Waals surface area contributed by atoms with Gasteiger partial charge in [-0.2, -0.15) is 0 Å². The molecule has 2 saturated carbocycles. The van der Waals surface area contributed by atoms with Crippen molar-refractivity contribution in [3.63, 3.8) is 0 Å². The molecule has 0 spiro atoms. The largest absolute Gasteiger partial charge is 0.392 e. The van der Waals surface area contributed by atoms with Gasteiger partial charge < -0.3 is 15.7 Å². The first-order valence-corrected chi connectivity index (χ1v) is 11.9. The standard InChI is InChI=1S/C26H40N2O3/c1-16(2)27-25(31)17(3)20-11-13-26(5)14-12-21(18(4)23(26)24(20)30)28-22(29)15-19-9-7-6-8-10-19/h6-10,16-18,20-21,23-24,30H,11-15H2,1-5H3,(H,27,31)(H,28,29). The van der Waals surface area contributed by atoms with E-state index in [2.05, 4.69) is 24.5 Å². The summed E-state index contributed by atoms with van der Waals surface area (Å²) >= 11 is 0. The molecule has 0 heterocycles. The van der Waals surface area contributed by atoms with Crippen LogP contribution in [-0.2, 0) is 16.0 Å². The lowest BCUT2D eigenvalue weighted by Gasteiger charge is -2.56. The lowest BCUT2D eigenvalue weighted by Crippen LogP contribution is -2.58. The average molecular weight is 429 g/mol. The molecule has 3 rings (SSSR count). The van der Waals surface area contributed by atoms with Gasteiger partial charge in [0.25, 0.3) is 0 Å². The number of carbonyl (C=O) groups is 2. The minimum Gasteiger partial charge on any atom is -0.392 e. The van der Waals surface area contributed by atoms with Crippen molar-refractivity contribution < 1.29 is 14.7 Å². The minimum absolute atomic E-state index is 0.0267. The van der Waals surface area contributed by atoms with Gasteiger partial charge in [0.1, 0.15) is 0 Å². The van der Waals surface area contributed by atoms with E-state index in [1.807, 2.05) is 51.1 Å². The van der Waals surface area contributed by atoms with E-state index in [-0.39, 0.29) is 53.0 Å². The van der Waals surface area contributed by atoms with E-state index in [1.165, 1.54) is 0 Å². The normalized spacial score (nSPS) is 34.0. The Bertz CT molecular complexity index is 765. The molecule has 172 valence electrons.